The van der Waals surface area contributed by atoms with Gasteiger partial charge in [0.1, 0.15) is 6.54 Å². The van der Waals surface area contributed by atoms with E-state index in [0.717, 1.165) is 27.8 Å². The van der Waals surface area contributed by atoms with Crippen LogP contribution in [-0.4, -0.2) is 20.9 Å². The fraction of sp³-hybridized carbons (Fsp3) is 0.296. The van der Waals surface area contributed by atoms with E-state index in [4.69, 9.17) is 0 Å². The average molecular weight is 465 g/mol. The van der Waals surface area contributed by atoms with Crippen molar-refractivity contribution in [3.05, 3.63) is 94.5 Å². The minimum Gasteiger partial charge on any atom is -0.348 e. The Morgan fingerprint density at radius 1 is 0.879 bits per heavy atom. The largest absolute Gasteiger partial charge is 0.348 e. The van der Waals surface area contributed by atoms with Crippen LogP contribution in [0.2, 0.25) is 0 Å². The highest BCUT2D eigenvalue weighted by Gasteiger charge is 2.28. The zero-order valence-electron chi connectivity index (χ0n) is 19.9. The van der Waals surface area contributed by atoms with Gasteiger partial charge in [-0.05, 0) is 80.6 Å². The summed E-state index contributed by atoms with van der Waals surface area (Å²) in [6.07, 6.45) is 0.699. The minimum atomic E-state index is -3.93. The minimum absolute atomic E-state index is 0.151. The molecule has 0 spiro atoms. The van der Waals surface area contributed by atoms with Crippen molar-refractivity contribution in [2.24, 2.45) is 0 Å². The highest BCUT2D eigenvalue weighted by Crippen LogP contribution is 2.27. The number of aryl methyl sites for hydroxylation is 4. The number of sulfonamides is 1. The van der Waals surface area contributed by atoms with Crippen molar-refractivity contribution in [2.75, 3.05) is 10.8 Å². The zero-order chi connectivity index (χ0) is 24.2. The molecule has 0 radical (unpaired) electrons. The lowest BCUT2D eigenvalue weighted by atomic mass is 9.97. The zero-order valence-corrected chi connectivity index (χ0v) is 20.7. The number of carbonyl (C=O) groups is 1. The van der Waals surface area contributed by atoms with Crippen LogP contribution in [0.1, 0.15) is 47.2 Å². The number of nitrogens with one attached hydrogen (secondary N) is 1. The molecule has 0 saturated heterocycles. The molecule has 0 bridgehead atoms. The molecule has 1 atom stereocenters. The third kappa shape index (κ3) is 5.82. The third-order valence-electron chi connectivity index (χ3n) is 5.66. The van der Waals surface area contributed by atoms with Gasteiger partial charge in [-0.15, -0.1) is 0 Å². The van der Waals surface area contributed by atoms with E-state index < -0.39 is 10.0 Å². The van der Waals surface area contributed by atoms with Crippen LogP contribution >= 0.6 is 0 Å². The summed E-state index contributed by atoms with van der Waals surface area (Å²) in [5.41, 5.74) is 5.64. The summed E-state index contributed by atoms with van der Waals surface area (Å²) >= 11 is 0. The van der Waals surface area contributed by atoms with Crippen molar-refractivity contribution in [3.8, 4) is 0 Å². The second-order valence-corrected chi connectivity index (χ2v) is 10.4. The Morgan fingerprint density at radius 3 is 2.09 bits per heavy atom. The van der Waals surface area contributed by atoms with Gasteiger partial charge < -0.3 is 5.32 Å². The Labute approximate surface area is 197 Å². The average Bonchev–Trinajstić information content (AvgIpc) is 2.76. The van der Waals surface area contributed by atoms with Gasteiger partial charge in [-0.25, -0.2) is 8.42 Å². The number of anilines is 1. The molecular formula is C27H32N2O3S. The molecule has 0 aliphatic carbocycles. The molecule has 5 nitrogen and oxygen atoms in total. The molecule has 6 heteroatoms. The summed E-state index contributed by atoms with van der Waals surface area (Å²) in [7, 11) is -3.93. The Balaban J connectivity index is 1.95. The Hall–Kier alpha value is -3.12. The van der Waals surface area contributed by atoms with Gasteiger partial charge in [0.2, 0.25) is 5.91 Å². The van der Waals surface area contributed by atoms with E-state index in [-0.39, 0.29) is 23.4 Å². The van der Waals surface area contributed by atoms with E-state index in [1.807, 2.05) is 52.8 Å². The number of carbonyl (C=O) groups excluding carboxylic acids is 1. The predicted octanol–water partition coefficient (Wildman–Crippen LogP) is 5.38. The van der Waals surface area contributed by atoms with Gasteiger partial charge in [-0.2, -0.15) is 0 Å². The van der Waals surface area contributed by atoms with E-state index in [9.17, 15) is 13.2 Å². The van der Waals surface area contributed by atoms with E-state index in [1.54, 1.807) is 42.5 Å². The first-order chi connectivity index (χ1) is 15.6. The van der Waals surface area contributed by atoms with Crippen LogP contribution in [0.25, 0.3) is 0 Å². The number of benzene rings is 3. The van der Waals surface area contributed by atoms with Crippen LogP contribution in [-0.2, 0) is 14.8 Å². The maximum absolute atomic E-state index is 13.6. The van der Waals surface area contributed by atoms with Gasteiger partial charge in [-0.3, -0.25) is 9.10 Å². The van der Waals surface area contributed by atoms with Crippen molar-refractivity contribution >= 4 is 21.6 Å². The quantitative estimate of drug-likeness (QED) is 0.486. The fourth-order valence-corrected chi connectivity index (χ4v) is 5.54. The highest BCUT2D eigenvalue weighted by atomic mass is 32.2. The second-order valence-electron chi connectivity index (χ2n) is 8.56. The Morgan fingerprint density at radius 2 is 1.52 bits per heavy atom. The van der Waals surface area contributed by atoms with Crippen LogP contribution < -0.4 is 9.62 Å². The SMILES string of the molecule is CCC(NC(=O)CN(c1cc(C)cc(C)c1)S(=O)(=O)c1ccccc1)c1ccc(C)cc1C. The van der Waals surface area contributed by atoms with Crippen molar-refractivity contribution in [1.29, 1.82) is 0 Å². The topological polar surface area (TPSA) is 66.5 Å². The molecular weight excluding hydrogens is 432 g/mol. The molecule has 1 N–H and O–H groups in total. The van der Waals surface area contributed by atoms with Gasteiger partial charge in [0.25, 0.3) is 10.0 Å². The fourth-order valence-electron chi connectivity index (χ4n) is 4.12. The molecule has 3 aromatic rings. The van der Waals surface area contributed by atoms with E-state index in [0.29, 0.717) is 12.1 Å². The van der Waals surface area contributed by atoms with Crippen LogP contribution in [0.4, 0.5) is 5.69 Å². The number of rotatable bonds is 8. The molecule has 1 amide bonds. The van der Waals surface area contributed by atoms with Crippen molar-refractivity contribution in [3.63, 3.8) is 0 Å². The number of amides is 1. The summed E-state index contributed by atoms with van der Waals surface area (Å²) < 4.78 is 28.3. The third-order valence-corrected chi connectivity index (χ3v) is 7.45. The molecule has 33 heavy (non-hydrogen) atoms. The second kappa shape index (κ2) is 10.2. The van der Waals surface area contributed by atoms with Crippen molar-refractivity contribution < 1.29 is 13.2 Å². The van der Waals surface area contributed by atoms with Gasteiger partial charge in [0.05, 0.1) is 16.6 Å². The summed E-state index contributed by atoms with van der Waals surface area (Å²) in [6, 6.07) is 19.7. The molecule has 0 aliphatic rings. The number of hydrogen-bond acceptors (Lipinski definition) is 3. The summed E-state index contributed by atoms with van der Waals surface area (Å²) in [5, 5.41) is 3.05. The normalized spacial score (nSPS) is 12.3. The summed E-state index contributed by atoms with van der Waals surface area (Å²) in [4.78, 5) is 13.3. The smallest absolute Gasteiger partial charge is 0.264 e. The number of hydrogen-bond donors (Lipinski definition) is 1. The molecule has 0 fully saturated rings. The monoisotopic (exact) mass is 464 g/mol. The van der Waals surface area contributed by atoms with Crippen LogP contribution in [0, 0.1) is 27.7 Å². The predicted molar refractivity (Wildman–Crippen MR) is 134 cm³/mol. The Bertz CT molecular complexity index is 1220. The highest BCUT2D eigenvalue weighted by molar-refractivity contribution is 7.92. The van der Waals surface area contributed by atoms with Gasteiger partial charge in [0, 0.05) is 0 Å². The summed E-state index contributed by atoms with van der Waals surface area (Å²) in [6.45, 7) is 9.59. The molecule has 0 aromatic heterocycles. The molecule has 0 heterocycles. The lowest BCUT2D eigenvalue weighted by molar-refractivity contribution is -0.120. The van der Waals surface area contributed by atoms with Gasteiger partial charge >= 0.3 is 0 Å². The molecule has 1 unspecified atom stereocenters. The lowest BCUT2D eigenvalue weighted by Crippen LogP contribution is -2.42. The summed E-state index contributed by atoms with van der Waals surface area (Å²) in [5.74, 6) is -0.347. The first-order valence-electron chi connectivity index (χ1n) is 11.1. The van der Waals surface area contributed by atoms with Crippen LogP contribution in [0.3, 0.4) is 0 Å². The number of nitrogens with zero attached hydrogens (tertiary/aromatic N) is 1. The van der Waals surface area contributed by atoms with Crippen LogP contribution in [0.5, 0.6) is 0 Å². The van der Waals surface area contributed by atoms with Crippen molar-refractivity contribution in [1.82, 2.24) is 5.32 Å². The molecule has 3 rings (SSSR count). The van der Waals surface area contributed by atoms with Gasteiger partial charge in [-0.1, -0.05) is 55.0 Å². The standard InChI is InChI=1S/C27H32N2O3S/c1-6-26(25-13-12-19(2)15-22(25)5)28-27(30)18-29(23-16-20(3)14-21(4)17-23)33(31,32)24-10-8-7-9-11-24/h7-17,26H,6,18H2,1-5H3,(H,28,30). The van der Waals surface area contributed by atoms with E-state index in [2.05, 4.69) is 11.4 Å². The van der Waals surface area contributed by atoms with E-state index >= 15 is 0 Å². The van der Waals surface area contributed by atoms with Crippen molar-refractivity contribution in [2.45, 2.75) is 52.0 Å². The molecule has 0 aliphatic heterocycles. The molecule has 0 saturated carbocycles. The lowest BCUT2D eigenvalue weighted by Gasteiger charge is -2.26. The van der Waals surface area contributed by atoms with Gasteiger partial charge in [0.15, 0.2) is 0 Å². The molecule has 3 aromatic carbocycles. The first kappa shape index (κ1) is 24.5. The van der Waals surface area contributed by atoms with Crippen LogP contribution in [0.15, 0.2) is 71.6 Å². The van der Waals surface area contributed by atoms with E-state index in [1.165, 1.54) is 4.31 Å². The maximum atomic E-state index is 13.6. The Kier molecular flexibility index (Phi) is 7.59. The maximum Gasteiger partial charge on any atom is 0.264 e. The molecule has 174 valence electrons. The first-order valence-corrected chi connectivity index (χ1v) is 12.6.